The van der Waals surface area contributed by atoms with Gasteiger partial charge >= 0.3 is 7.12 Å². The molecule has 0 fully saturated rings. The molecule has 0 aliphatic rings. The molecule has 9 heteroatoms. The van der Waals surface area contributed by atoms with Gasteiger partial charge in [-0.25, -0.2) is 4.94 Å². The van der Waals surface area contributed by atoms with Crippen LogP contribution in [0.3, 0.4) is 0 Å². The average molecular weight is 371 g/mol. The number of fused-ring (bicyclic) bond motifs is 1. The normalized spacial score (nSPS) is 12.4. The van der Waals surface area contributed by atoms with E-state index in [9.17, 15) is 14.8 Å². The molecule has 0 saturated heterocycles. The number of furan rings is 1. The van der Waals surface area contributed by atoms with Crippen molar-refractivity contribution in [3.63, 3.8) is 0 Å². The second kappa shape index (κ2) is 8.98. The van der Waals surface area contributed by atoms with E-state index < -0.39 is 13.1 Å². The summed E-state index contributed by atoms with van der Waals surface area (Å²) in [5.41, 5.74) is 7.71. The number of hydroxylamine groups is 2. The van der Waals surface area contributed by atoms with Crippen LogP contribution >= 0.6 is 0 Å². The molecular weight excluding hydrogens is 349 g/mol. The van der Waals surface area contributed by atoms with E-state index in [2.05, 4.69) is 11.0 Å². The van der Waals surface area contributed by atoms with Crippen LogP contribution in [-0.4, -0.2) is 34.2 Å². The Balaban J connectivity index is 1.50. The highest BCUT2D eigenvalue weighted by Crippen LogP contribution is 2.22. The van der Waals surface area contributed by atoms with Gasteiger partial charge in [-0.3, -0.25) is 4.79 Å². The second-order valence-electron chi connectivity index (χ2n) is 6.26. The third kappa shape index (κ3) is 4.85. The van der Waals surface area contributed by atoms with Crippen LogP contribution in [0.15, 0.2) is 57.9 Å². The lowest BCUT2D eigenvalue weighted by Crippen LogP contribution is -2.47. The molecule has 2 heterocycles. The minimum atomic E-state index is -1.62. The SMILES string of the molecule is Cn1c(CCNONC(Cc2coc3ccccc23)B(O)O)cccc1=O. The lowest BCUT2D eigenvalue weighted by Gasteiger charge is -2.17. The third-order valence-electron chi connectivity index (χ3n) is 4.42. The van der Waals surface area contributed by atoms with Crippen molar-refractivity contribution in [3.05, 3.63) is 70.3 Å². The Bertz CT molecular complexity index is 940. The largest absolute Gasteiger partial charge is 0.472 e. The van der Waals surface area contributed by atoms with Gasteiger partial charge in [0.15, 0.2) is 0 Å². The van der Waals surface area contributed by atoms with Gasteiger partial charge < -0.3 is 19.0 Å². The number of benzene rings is 1. The maximum Gasteiger partial charge on any atom is 0.472 e. The summed E-state index contributed by atoms with van der Waals surface area (Å²) in [5, 5.41) is 20.1. The Morgan fingerprint density at radius 2 is 2.04 bits per heavy atom. The monoisotopic (exact) mass is 371 g/mol. The molecule has 0 amide bonds. The van der Waals surface area contributed by atoms with Crippen LogP contribution in [0.1, 0.15) is 11.3 Å². The summed E-state index contributed by atoms with van der Waals surface area (Å²) >= 11 is 0. The first-order valence-electron chi connectivity index (χ1n) is 8.66. The average Bonchev–Trinajstić information content (AvgIpc) is 3.06. The standard InChI is InChI=1S/C18H22BN3O5/c1-22-14(5-4-8-18(22)23)9-10-20-27-21-17(19(24)25)11-13-12-26-16-7-3-2-6-15(13)16/h2-8,12,17,20-21,24-25H,9-11H2,1H3. The summed E-state index contributed by atoms with van der Waals surface area (Å²) in [4.78, 5) is 16.7. The van der Waals surface area contributed by atoms with Crippen LogP contribution < -0.4 is 16.5 Å². The molecule has 142 valence electrons. The van der Waals surface area contributed by atoms with Crippen LogP contribution in [0.2, 0.25) is 0 Å². The zero-order valence-electron chi connectivity index (χ0n) is 15.0. The quantitative estimate of drug-likeness (QED) is 0.244. The van der Waals surface area contributed by atoms with Gasteiger partial charge in [0.2, 0.25) is 5.56 Å². The summed E-state index contributed by atoms with van der Waals surface area (Å²) in [6.07, 6.45) is 2.49. The highest BCUT2D eigenvalue weighted by molar-refractivity contribution is 6.43. The molecule has 3 rings (SSSR count). The first kappa shape index (κ1) is 19.3. The van der Waals surface area contributed by atoms with Gasteiger partial charge in [-0.2, -0.15) is 11.0 Å². The van der Waals surface area contributed by atoms with E-state index in [0.717, 1.165) is 22.2 Å². The third-order valence-corrected chi connectivity index (χ3v) is 4.42. The van der Waals surface area contributed by atoms with Gasteiger partial charge in [0.25, 0.3) is 0 Å². The van der Waals surface area contributed by atoms with Crippen LogP contribution in [0.5, 0.6) is 0 Å². The molecular formula is C18H22BN3O5. The Kier molecular flexibility index (Phi) is 6.43. The van der Waals surface area contributed by atoms with Crippen molar-refractivity contribution in [1.82, 2.24) is 15.5 Å². The zero-order valence-corrected chi connectivity index (χ0v) is 15.0. The molecule has 1 atom stereocenters. The van der Waals surface area contributed by atoms with Crippen molar-refractivity contribution >= 4 is 18.1 Å². The Hall–Kier alpha value is -2.43. The van der Waals surface area contributed by atoms with Gasteiger partial charge in [-0.1, -0.05) is 24.3 Å². The fraction of sp³-hybridized carbons (Fsp3) is 0.278. The molecule has 1 unspecified atom stereocenters. The summed E-state index contributed by atoms with van der Waals surface area (Å²) in [6.45, 7) is 0.438. The predicted molar refractivity (Wildman–Crippen MR) is 102 cm³/mol. The van der Waals surface area contributed by atoms with Crippen LogP contribution in [0.25, 0.3) is 11.0 Å². The fourth-order valence-corrected chi connectivity index (χ4v) is 2.84. The number of para-hydroxylation sites is 1. The molecule has 27 heavy (non-hydrogen) atoms. The van der Waals surface area contributed by atoms with Crippen LogP contribution in [0.4, 0.5) is 0 Å². The maximum absolute atomic E-state index is 11.6. The molecule has 0 aliphatic carbocycles. The van der Waals surface area contributed by atoms with E-state index in [-0.39, 0.29) is 5.56 Å². The first-order valence-corrected chi connectivity index (χ1v) is 8.66. The number of nitrogens with one attached hydrogen (secondary N) is 2. The number of nitrogens with zero attached hydrogens (tertiary/aromatic N) is 1. The van der Waals surface area contributed by atoms with Crippen molar-refractivity contribution in [1.29, 1.82) is 0 Å². The molecule has 2 aromatic heterocycles. The number of aromatic nitrogens is 1. The molecule has 1 aromatic carbocycles. The predicted octanol–water partition coefficient (Wildman–Crippen LogP) is 0.323. The van der Waals surface area contributed by atoms with E-state index >= 15 is 0 Å². The molecule has 0 bridgehead atoms. The van der Waals surface area contributed by atoms with Crippen molar-refractivity contribution < 1.29 is 19.4 Å². The molecule has 8 nitrogen and oxygen atoms in total. The fourth-order valence-electron chi connectivity index (χ4n) is 2.84. The van der Waals surface area contributed by atoms with E-state index in [4.69, 9.17) is 9.36 Å². The van der Waals surface area contributed by atoms with Gasteiger partial charge in [0.05, 0.1) is 12.2 Å². The number of pyridine rings is 1. The summed E-state index contributed by atoms with van der Waals surface area (Å²) in [5.74, 6) is -0.750. The van der Waals surface area contributed by atoms with E-state index in [0.29, 0.717) is 19.4 Å². The van der Waals surface area contributed by atoms with Gasteiger partial charge in [0, 0.05) is 37.2 Å². The molecule has 0 radical (unpaired) electrons. The summed E-state index contributed by atoms with van der Waals surface area (Å²) in [7, 11) is 0.0971. The van der Waals surface area contributed by atoms with Crippen LogP contribution in [0, 0.1) is 0 Å². The first-order chi connectivity index (χ1) is 13.1. The maximum atomic E-state index is 11.6. The number of rotatable bonds is 9. The Morgan fingerprint density at radius 1 is 1.22 bits per heavy atom. The lowest BCUT2D eigenvalue weighted by atomic mass is 9.76. The Labute approximate surface area is 156 Å². The smallest absolute Gasteiger partial charge is 0.464 e. The van der Waals surface area contributed by atoms with Gasteiger partial charge in [0.1, 0.15) is 5.58 Å². The van der Waals surface area contributed by atoms with Crippen molar-refractivity contribution in [2.24, 2.45) is 7.05 Å². The molecule has 0 aliphatic heterocycles. The highest BCUT2D eigenvalue weighted by atomic mass is 16.8. The van der Waals surface area contributed by atoms with E-state index in [1.54, 1.807) is 23.9 Å². The summed E-state index contributed by atoms with van der Waals surface area (Å²) < 4.78 is 7.04. The van der Waals surface area contributed by atoms with E-state index in [1.165, 1.54) is 6.07 Å². The Morgan fingerprint density at radius 3 is 2.85 bits per heavy atom. The zero-order chi connectivity index (χ0) is 19.2. The second-order valence-corrected chi connectivity index (χ2v) is 6.26. The number of hydrogen-bond acceptors (Lipinski definition) is 7. The molecule has 0 saturated carbocycles. The summed E-state index contributed by atoms with van der Waals surface area (Å²) in [6, 6.07) is 12.6. The minimum absolute atomic E-state index is 0.0673. The topological polar surface area (TPSA) is 109 Å². The highest BCUT2D eigenvalue weighted by Gasteiger charge is 2.25. The van der Waals surface area contributed by atoms with Crippen molar-refractivity contribution in [3.8, 4) is 0 Å². The van der Waals surface area contributed by atoms with Gasteiger partial charge in [-0.15, -0.1) is 0 Å². The lowest BCUT2D eigenvalue weighted by molar-refractivity contribution is -0.0482. The molecule has 3 aromatic rings. The molecule has 0 spiro atoms. The van der Waals surface area contributed by atoms with E-state index in [1.807, 2.05) is 30.3 Å². The van der Waals surface area contributed by atoms with Crippen molar-refractivity contribution in [2.45, 2.75) is 18.8 Å². The van der Waals surface area contributed by atoms with Crippen molar-refractivity contribution in [2.75, 3.05) is 6.54 Å². The number of hydrogen-bond donors (Lipinski definition) is 4. The van der Waals surface area contributed by atoms with Gasteiger partial charge in [-0.05, 0) is 24.1 Å². The molecule has 4 N–H and O–H groups in total. The minimum Gasteiger partial charge on any atom is -0.464 e. The van der Waals surface area contributed by atoms with Crippen LogP contribution in [-0.2, 0) is 24.8 Å².